The second-order valence-corrected chi connectivity index (χ2v) is 4.54. The van der Waals surface area contributed by atoms with Gasteiger partial charge in [-0.3, -0.25) is 20.8 Å². The van der Waals surface area contributed by atoms with Gasteiger partial charge in [0.15, 0.2) is 11.6 Å². The molecule has 0 atom stereocenters. The van der Waals surface area contributed by atoms with Crippen LogP contribution in [-0.2, 0) is 0 Å². The minimum atomic E-state index is 0.535. The maximum Gasteiger partial charge on any atom is 0.151 e. The molecule has 0 aliphatic rings. The number of aromatic nitrogens is 4. The molecule has 8 nitrogen and oxygen atoms in total. The van der Waals surface area contributed by atoms with Gasteiger partial charge in [0.25, 0.3) is 0 Å². The molecule has 3 heterocycles. The largest absolute Gasteiger partial charge is 0.261 e. The Morgan fingerprint density at radius 1 is 0.708 bits per heavy atom. The lowest BCUT2D eigenvalue weighted by molar-refractivity contribution is 1.12. The van der Waals surface area contributed by atoms with Crippen molar-refractivity contribution < 1.29 is 0 Å². The molecule has 3 aromatic heterocycles. The minimum absolute atomic E-state index is 0.535. The Morgan fingerprint density at radius 3 is 1.71 bits per heavy atom. The van der Waals surface area contributed by atoms with E-state index in [2.05, 4.69) is 41.0 Å². The van der Waals surface area contributed by atoms with Crippen LogP contribution in [0.25, 0.3) is 0 Å². The SMILES string of the molecule is C(=N\Nc1cc(N/N=C/c2ccccn2)ncn1)/c1ccccn1. The highest BCUT2D eigenvalue weighted by Crippen LogP contribution is 2.08. The van der Waals surface area contributed by atoms with Crippen molar-refractivity contribution in [2.45, 2.75) is 0 Å². The van der Waals surface area contributed by atoms with Gasteiger partial charge in [0.05, 0.1) is 23.8 Å². The summed E-state index contributed by atoms with van der Waals surface area (Å²) in [5.41, 5.74) is 7.13. The van der Waals surface area contributed by atoms with E-state index in [1.54, 1.807) is 30.9 Å². The number of hydrogen-bond acceptors (Lipinski definition) is 8. The van der Waals surface area contributed by atoms with E-state index in [-0.39, 0.29) is 0 Å². The molecule has 0 aliphatic carbocycles. The smallest absolute Gasteiger partial charge is 0.151 e. The molecular weight excluding hydrogens is 304 g/mol. The van der Waals surface area contributed by atoms with E-state index >= 15 is 0 Å². The van der Waals surface area contributed by atoms with E-state index in [1.165, 1.54) is 6.33 Å². The van der Waals surface area contributed by atoms with Gasteiger partial charge in [-0.05, 0) is 24.3 Å². The zero-order chi connectivity index (χ0) is 16.5. The van der Waals surface area contributed by atoms with Crippen molar-refractivity contribution in [1.29, 1.82) is 0 Å². The number of pyridine rings is 2. The summed E-state index contributed by atoms with van der Waals surface area (Å²) in [4.78, 5) is 16.4. The lowest BCUT2D eigenvalue weighted by Gasteiger charge is -2.02. The van der Waals surface area contributed by atoms with E-state index in [4.69, 9.17) is 0 Å². The van der Waals surface area contributed by atoms with Crippen molar-refractivity contribution in [2.24, 2.45) is 10.2 Å². The summed E-state index contributed by atoms with van der Waals surface area (Å²) in [5.74, 6) is 1.07. The third-order valence-electron chi connectivity index (χ3n) is 2.79. The van der Waals surface area contributed by atoms with Gasteiger partial charge >= 0.3 is 0 Å². The van der Waals surface area contributed by atoms with E-state index in [0.717, 1.165) is 11.4 Å². The second-order valence-electron chi connectivity index (χ2n) is 4.54. The molecule has 0 unspecified atom stereocenters. The zero-order valence-corrected chi connectivity index (χ0v) is 12.6. The molecule has 0 aromatic carbocycles. The van der Waals surface area contributed by atoms with Crippen LogP contribution in [0.3, 0.4) is 0 Å². The van der Waals surface area contributed by atoms with Crippen molar-refractivity contribution in [1.82, 2.24) is 19.9 Å². The van der Waals surface area contributed by atoms with Gasteiger partial charge in [-0.15, -0.1) is 0 Å². The van der Waals surface area contributed by atoms with Crippen LogP contribution in [0.1, 0.15) is 11.4 Å². The highest BCUT2D eigenvalue weighted by molar-refractivity contribution is 5.78. The third-order valence-corrected chi connectivity index (χ3v) is 2.79. The number of nitrogens with one attached hydrogen (secondary N) is 2. The van der Waals surface area contributed by atoms with Crippen molar-refractivity contribution in [2.75, 3.05) is 10.9 Å². The van der Waals surface area contributed by atoms with E-state index in [0.29, 0.717) is 11.6 Å². The number of nitrogens with zero attached hydrogens (tertiary/aromatic N) is 6. The van der Waals surface area contributed by atoms with Gasteiger partial charge in [-0.25, -0.2) is 9.97 Å². The van der Waals surface area contributed by atoms with Crippen LogP contribution < -0.4 is 10.9 Å². The molecule has 2 N–H and O–H groups in total. The summed E-state index contributed by atoms with van der Waals surface area (Å²) >= 11 is 0. The molecule has 0 saturated carbocycles. The molecule has 0 fully saturated rings. The Kier molecular flexibility index (Phi) is 5.13. The number of hydrazone groups is 2. The fourth-order valence-corrected chi connectivity index (χ4v) is 1.71. The van der Waals surface area contributed by atoms with E-state index in [1.807, 2.05) is 36.4 Å². The molecule has 0 amide bonds. The first-order valence-electron chi connectivity index (χ1n) is 7.12. The second kappa shape index (κ2) is 8.08. The van der Waals surface area contributed by atoms with Gasteiger partial charge in [0.2, 0.25) is 0 Å². The third kappa shape index (κ3) is 4.67. The van der Waals surface area contributed by atoms with Crippen molar-refractivity contribution in [3.05, 3.63) is 72.6 Å². The standard InChI is InChI=1S/C16H14N8/c1-3-7-17-13(5-1)10-21-23-15-9-16(20-12-19-15)24-22-11-14-6-2-4-8-18-14/h1-12H,(H2,19,20,23,24)/b21-10+,22-11+. The van der Waals surface area contributed by atoms with Crippen LogP contribution in [0.5, 0.6) is 0 Å². The fraction of sp³-hybridized carbons (Fsp3) is 0. The predicted molar refractivity (Wildman–Crippen MR) is 92.9 cm³/mol. The molecule has 0 saturated heterocycles. The first-order chi connectivity index (χ1) is 11.9. The summed E-state index contributed by atoms with van der Waals surface area (Å²) in [7, 11) is 0. The first-order valence-corrected chi connectivity index (χ1v) is 7.12. The van der Waals surface area contributed by atoms with Gasteiger partial charge < -0.3 is 0 Å². The van der Waals surface area contributed by atoms with Crippen LogP contribution in [0.15, 0.2) is 71.4 Å². The molecular formula is C16H14N8. The van der Waals surface area contributed by atoms with Gasteiger partial charge in [-0.1, -0.05) is 12.1 Å². The van der Waals surface area contributed by atoms with Crippen molar-refractivity contribution >= 4 is 24.1 Å². The molecule has 0 bridgehead atoms. The monoisotopic (exact) mass is 318 g/mol. The van der Waals surface area contributed by atoms with Crippen LogP contribution in [0.2, 0.25) is 0 Å². The molecule has 118 valence electrons. The Balaban J connectivity index is 1.58. The topological polar surface area (TPSA) is 100 Å². The average molecular weight is 318 g/mol. The molecule has 24 heavy (non-hydrogen) atoms. The quantitative estimate of drug-likeness (QED) is 0.533. The normalized spacial score (nSPS) is 11.0. The lowest BCUT2D eigenvalue weighted by Crippen LogP contribution is -1.99. The summed E-state index contributed by atoms with van der Waals surface area (Å²) in [6, 6.07) is 12.9. The Morgan fingerprint density at radius 2 is 1.25 bits per heavy atom. The Labute approximate surface area is 138 Å². The van der Waals surface area contributed by atoms with Gasteiger partial charge in [0.1, 0.15) is 6.33 Å². The van der Waals surface area contributed by atoms with Crippen LogP contribution >= 0.6 is 0 Å². The fourth-order valence-electron chi connectivity index (χ4n) is 1.71. The molecule has 8 heteroatoms. The number of hydrogen-bond donors (Lipinski definition) is 2. The summed E-state index contributed by atoms with van der Waals surface area (Å²) in [6.07, 6.45) is 8.03. The molecule has 0 spiro atoms. The number of anilines is 2. The maximum atomic E-state index is 4.14. The van der Waals surface area contributed by atoms with Crippen molar-refractivity contribution in [3.63, 3.8) is 0 Å². The summed E-state index contributed by atoms with van der Waals surface area (Å²) in [5, 5.41) is 8.15. The minimum Gasteiger partial charge on any atom is -0.261 e. The van der Waals surface area contributed by atoms with Gasteiger partial charge in [0, 0.05) is 18.5 Å². The lowest BCUT2D eigenvalue weighted by atomic mass is 10.4. The molecule has 3 rings (SSSR count). The molecule has 0 radical (unpaired) electrons. The summed E-state index contributed by atoms with van der Waals surface area (Å²) in [6.45, 7) is 0. The maximum absolute atomic E-state index is 4.14. The highest BCUT2D eigenvalue weighted by atomic mass is 15.3. The first kappa shape index (κ1) is 15.2. The highest BCUT2D eigenvalue weighted by Gasteiger charge is 1.96. The average Bonchev–Trinajstić information content (AvgIpc) is 2.64. The van der Waals surface area contributed by atoms with E-state index < -0.39 is 0 Å². The molecule has 0 aliphatic heterocycles. The predicted octanol–water partition coefficient (Wildman–Crippen LogP) is 2.16. The number of rotatable bonds is 6. The summed E-state index contributed by atoms with van der Waals surface area (Å²) < 4.78 is 0. The van der Waals surface area contributed by atoms with E-state index in [9.17, 15) is 0 Å². The van der Waals surface area contributed by atoms with Gasteiger partial charge in [-0.2, -0.15) is 10.2 Å². The zero-order valence-electron chi connectivity index (χ0n) is 12.6. The Hall–Kier alpha value is -3.68. The molecule has 3 aromatic rings. The van der Waals surface area contributed by atoms with Crippen LogP contribution in [-0.4, -0.2) is 32.4 Å². The van der Waals surface area contributed by atoms with Crippen molar-refractivity contribution in [3.8, 4) is 0 Å². The Bertz CT molecular complexity index is 751. The van der Waals surface area contributed by atoms with Crippen LogP contribution in [0.4, 0.5) is 11.6 Å². The van der Waals surface area contributed by atoms with Crippen LogP contribution in [0, 0.1) is 0 Å².